The first-order valence-corrected chi connectivity index (χ1v) is 6.56. The first kappa shape index (κ1) is 13.5. The van der Waals surface area contributed by atoms with Gasteiger partial charge in [0.15, 0.2) is 0 Å². The van der Waals surface area contributed by atoms with Gasteiger partial charge in [0.25, 0.3) is 5.91 Å². The van der Waals surface area contributed by atoms with E-state index in [2.05, 4.69) is 26.2 Å². The molecule has 1 atom stereocenters. The van der Waals surface area contributed by atoms with Crippen LogP contribution in [0.25, 0.3) is 0 Å². The normalized spacial score (nSPS) is 11.9. The molecule has 0 fully saturated rings. The molecular formula is C14H13BrN2O2. The molecule has 2 N–H and O–H groups in total. The van der Waals surface area contributed by atoms with E-state index in [9.17, 15) is 9.90 Å². The summed E-state index contributed by atoms with van der Waals surface area (Å²) >= 11 is 3.45. The smallest absolute Gasteiger partial charge is 0.253 e. The van der Waals surface area contributed by atoms with Crippen molar-refractivity contribution in [2.45, 2.75) is 13.0 Å². The molecule has 1 heterocycles. The minimum Gasteiger partial charge on any atom is -0.506 e. The van der Waals surface area contributed by atoms with Crippen molar-refractivity contribution in [3.8, 4) is 5.75 Å². The third-order valence-electron chi connectivity index (χ3n) is 2.71. The van der Waals surface area contributed by atoms with Crippen molar-refractivity contribution < 1.29 is 9.90 Å². The summed E-state index contributed by atoms with van der Waals surface area (Å²) in [6.45, 7) is 1.90. The van der Waals surface area contributed by atoms with Gasteiger partial charge in [-0.05, 0) is 24.6 Å². The predicted octanol–water partition coefficient (Wildman–Crippen LogP) is 3.04. The van der Waals surface area contributed by atoms with Crippen molar-refractivity contribution in [1.29, 1.82) is 0 Å². The number of carbonyl (C=O) groups excluding carboxylic acids is 1. The molecule has 0 radical (unpaired) electrons. The topological polar surface area (TPSA) is 62.2 Å². The van der Waals surface area contributed by atoms with E-state index in [4.69, 9.17) is 0 Å². The molecular weight excluding hydrogens is 308 g/mol. The molecule has 0 saturated heterocycles. The third kappa shape index (κ3) is 3.32. The average molecular weight is 321 g/mol. The molecule has 1 unspecified atom stereocenters. The van der Waals surface area contributed by atoms with Crippen LogP contribution in [0.1, 0.15) is 28.9 Å². The SMILES string of the molecule is CC(NC(=O)c1cncc(O)c1)c1ccccc1Br. The molecule has 0 aliphatic carbocycles. The molecule has 1 aromatic heterocycles. The zero-order valence-electron chi connectivity index (χ0n) is 10.3. The van der Waals surface area contributed by atoms with Gasteiger partial charge in [0, 0.05) is 10.7 Å². The van der Waals surface area contributed by atoms with E-state index < -0.39 is 0 Å². The average Bonchev–Trinajstić information content (AvgIpc) is 2.39. The Kier molecular flexibility index (Phi) is 4.16. The number of aromatic hydroxyl groups is 1. The van der Waals surface area contributed by atoms with E-state index in [0.717, 1.165) is 10.0 Å². The Morgan fingerprint density at radius 1 is 1.37 bits per heavy atom. The van der Waals surface area contributed by atoms with Crippen molar-refractivity contribution in [2.75, 3.05) is 0 Å². The molecule has 0 aliphatic rings. The molecule has 1 amide bonds. The summed E-state index contributed by atoms with van der Waals surface area (Å²) in [5, 5.41) is 12.2. The monoisotopic (exact) mass is 320 g/mol. The second-order valence-electron chi connectivity index (χ2n) is 4.15. The molecule has 0 saturated carbocycles. The Balaban J connectivity index is 2.13. The molecule has 1 aromatic carbocycles. The van der Waals surface area contributed by atoms with Gasteiger partial charge in [-0.3, -0.25) is 9.78 Å². The van der Waals surface area contributed by atoms with Gasteiger partial charge in [0.05, 0.1) is 17.8 Å². The number of benzene rings is 1. The Bertz CT molecular complexity index is 602. The van der Waals surface area contributed by atoms with Gasteiger partial charge in [-0.2, -0.15) is 0 Å². The number of aromatic nitrogens is 1. The van der Waals surface area contributed by atoms with Crippen LogP contribution in [0.2, 0.25) is 0 Å². The van der Waals surface area contributed by atoms with Gasteiger partial charge in [0.2, 0.25) is 0 Å². The molecule has 4 nitrogen and oxygen atoms in total. The minimum absolute atomic E-state index is 0.0267. The van der Waals surface area contributed by atoms with Gasteiger partial charge >= 0.3 is 0 Å². The van der Waals surface area contributed by atoms with Crippen LogP contribution in [0.5, 0.6) is 5.75 Å². The van der Waals surface area contributed by atoms with Gasteiger partial charge in [-0.25, -0.2) is 0 Å². The van der Waals surface area contributed by atoms with Crippen molar-refractivity contribution >= 4 is 21.8 Å². The van der Waals surface area contributed by atoms with Crippen molar-refractivity contribution in [2.24, 2.45) is 0 Å². The van der Waals surface area contributed by atoms with Crippen LogP contribution in [-0.2, 0) is 0 Å². The fraction of sp³-hybridized carbons (Fsp3) is 0.143. The number of carbonyl (C=O) groups is 1. The summed E-state index contributed by atoms with van der Waals surface area (Å²) in [6.07, 6.45) is 2.70. The fourth-order valence-corrected chi connectivity index (χ4v) is 2.36. The van der Waals surface area contributed by atoms with E-state index in [1.165, 1.54) is 18.5 Å². The molecule has 98 valence electrons. The van der Waals surface area contributed by atoms with Crippen LogP contribution in [0.4, 0.5) is 0 Å². The number of nitrogens with one attached hydrogen (secondary N) is 1. The van der Waals surface area contributed by atoms with Crippen molar-refractivity contribution in [3.63, 3.8) is 0 Å². The second kappa shape index (κ2) is 5.84. The number of halogens is 1. The summed E-state index contributed by atoms with van der Waals surface area (Å²) in [5.41, 5.74) is 1.32. The van der Waals surface area contributed by atoms with Crippen LogP contribution >= 0.6 is 15.9 Å². The number of rotatable bonds is 3. The molecule has 0 bridgehead atoms. The van der Waals surface area contributed by atoms with Gasteiger partial charge in [-0.15, -0.1) is 0 Å². The molecule has 0 aliphatic heterocycles. The first-order valence-electron chi connectivity index (χ1n) is 5.77. The summed E-state index contributed by atoms with van der Waals surface area (Å²) < 4.78 is 0.942. The molecule has 5 heteroatoms. The highest BCUT2D eigenvalue weighted by Gasteiger charge is 2.13. The van der Waals surface area contributed by atoms with Gasteiger partial charge < -0.3 is 10.4 Å². The van der Waals surface area contributed by atoms with E-state index in [1.54, 1.807) is 0 Å². The summed E-state index contributed by atoms with van der Waals surface area (Å²) in [4.78, 5) is 15.8. The lowest BCUT2D eigenvalue weighted by Crippen LogP contribution is -2.26. The van der Waals surface area contributed by atoms with Gasteiger partial charge in [0.1, 0.15) is 5.75 Å². The Hall–Kier alpha value is -1.88. The molecule has 2 aromatic rings. The minimum atomic E-state index is -0.272. The van der Waals surface area contributed by atoms with Crippen LogP contribution in [0, 0.1) is 0 Å². The maximum atomic E-state index is 12.0. The predicted molar refractivity (Wildman–Crippen MR) is 75.9 cm³/mol. The molecule has 19 heavy (non-hydrogen) atoms. The number of nitrogens with zero attached hydrogens (tertiary/aromatic N) is 1. The van der Waals surface area contributed by atoms with Crippen molar-refractivity contribution in [3.05, 3.63) is 58.3 Å². The first-order chi connectivity index (χ1) is 9.08. The largest absolute Gasteiger partial charge is 0.506 e. The highest BCUT2D eigenvalue weighted by atomic mass is 79.9. The number of pyridine rings is 1. The Labute approximate surface area is 119 Å². The third-order valence-corrected chi connectivity index (χ3v) is 3.43. The fourth-order valence-electron chi connectivity index (χ4n) is 1.74. The quantitative estimate of drug-likeness (QED) is 0.913. The van der Waals surface area contributed by atoms with Crippen LogP contribution in [0.15, 0.2) is 47.2 Å². The highest BCUT2D eigenvalue weighted by molar-refractivity contribution is 9.10. The standard InChI is InChI=1S/C14H13BrN2O2/c1-9(12-4-2-3-5-13(12)15)17-14(19)10-6-11(18)8-16-7-10/h2-9,18H,1H3,(H,17,19). The zero-order valence-corrected chi connectivity index (χ0v) is 11.9. The maximum Gasteiger partial charge on any atom is 0.253 e. The summed E-state index contributed by atoms with van der Waals surface area (Å²) in [6, 6.07) is 8.93. The second-order valence-corrected chi connectivity index (χ2v) is 5.00. The molecule has 2 rings (SSSR count). The van der Waals surface area contributed by atoms with Crippen molar-refractivity contribution in [1.82, 2.24) is 10.3 Å². The van der Waals surface area contributed by atoms with Crippen LogP contribution in [0.3, 0.4) is 0 Å². The van der Waals surface area contributed by atoms with Crippen LogP contribution < -0.4 is 5.32 Å². The lowest BCUT2D eigenvalue weighted by Gasteiger charge is -2.15. The van der Waals surface area contributed by atoms with E-state index in [1.807, 2.05) is 31.2 Å². The van der Waals surface area contributed by atoms with E-state index >= 15 is 0 Å². The van der Waals surface area contributed by atoms with Gasteiger partial charge in [-0.1, -0.05) is 34.1 Å². The molecule has 0 spiro atoms. The lowest BCUT2D eigenvalue weighted by molar-refractivity contribution is 0.0939. The summed E-state index contributed by atoms with van der Waals surface area (Å²) in [7, 11) is 0. The van der Waals surface area contributed by atoms with E-state index in [0.29, 0.717) is 5.56 Å². The number of hydrogen-bond donors (Lipinski definition) is 2. The zero-order chi connectivity index (χ0) is 13.8. The lowest BCUT2D eigenvalue weighted by atomic mass is 10.1. The highest BCUT2D eigenvalue weighted by Crippen LogP contribution is 2.23. The summed E-state index contributed by atoms with van der Waals surface area (Å²) in [5.74, 6) is -0.298. The number of amides is 1. The maximum absolute atomic E-state index is 12.0. The van der Waals surface area contributed by atoms with Crippen LogP contribution in [-0.4, -0.2) is 16.0 Å². The van der Waals surface area contributed by atoms with E-state index in [-0.39, 0.29) is 17.7 Å². The Morgan fingerprint density at radius 2 is 2.11 bits per heavy atom. The number of hydrogen-bond acceptors (Lipinski definition) is 3. The Morgan fingerprint density at radius 3 is 2.79 bits per heavy atom.